The van der Waals surface area contributed by atoms with Gasteiger partial charge in [0.15, 0.2) is 0 Å². The highest BCUT2D eigenvalue weighted by Gasteiger charge is 2.15. The van der Waals surface area contributed by atoms with Gasteiger partial charge in [-0.1, -0.05) is 6.07 Å². The third kappa shape index (κ3) is 4.53. The van der Waals surface area contributed by atoms with Gasteiger partial charge >= 0.3 is 0 Å². The maximum absolute atomic E-state index is 11.9. The summed E-state index contributed by atoms with van der Waals surface area (Å²) in [6.07, 6.45) is 4.65. The number of carbonyl (C=O) groups excluding carboxylic acids is 1. The number of aliphatic hydroxyl groups is 1. The van der Waals surface area contributed by atoms with Crippen LogP contribution in [0.1, 0.15) is 25.8 Å². The first-order chi connectivity index (χ1) is 8.15. The van der Waals surface area contributed by atoms with Crippen molar-refractivity contribution in [1.29, 1.82) is 0 Å². The van der Waals surface area contributed by atoms with Gasteiger partial charge in [-0.15, -0.1) is 0 Å². The van der Waals surface area contributed by atoms with Gasteiger partial charge in [0.25, 0.3) is 0 Å². The molecule has 0 aliphatic rings. The van der Waals surface area contributed by atoms with Crippen LogP contribution in [-0.2, 0) is 11.2 Å². The highest BCUT2D eigenvalue weighted by atomic mass is 16.3. The number of aliphatic hydroxyl groups excluding tert-OH is 1. The second-order valence-electron chi connectivity index (χ2n) is 4.27. The minimum absolute atomic E-state index is 0.0107. The third-order valence-corrected chi connectivity index (χ3v) is 2.63. The van der Waals surface area contributed by atoms with Crippen LogP contribution in [0.5, 0.6) is 0 Å². The average molecular weight is 236 g/mol. The maximum atomic E-state index is 11.9. The van der Waals surface area contributed by atoms with Crippen LogP contribution >= 0.6 is 0 Å². The smallest absolute Gasteiger partial charge is 0.223 e. The van der Waals surface area contributed by atoms with Crippen molar-refractivity contribution in [3.63, 3.8) is 0 Å². The zero-order valence-electron chi connectivity index (χ0n) is 10.5. The fraction of sp³-hybridized carbons (Fsp3) is 0.538. The molecule has 1 heterocycles. The topological polar surface area (TPSA) is 53.4 Å². The molecule has 1 aromatic rings. The Kier molecular flexibility index (Phi) is 5.63. The van der Waals surface area contributed by atoms with Crippen molar-refractivity contribution in [2.24, 2.45) is 0 Å². The third-order valence-electron chi connectivity index (χ3n) is 2.63. The summed E-state index contributed by atoms with van der Waals surface area (Å²) < 4.78 is 0. The molecule has 4 nitrogen and oxygen atoms in total. The van der Waals surface area contributed by atoms with Crippen LogP contribution in [-0.4, -0.2) is 40.1 Å². The van der Waals surface area contributed by atoms with E-state index in [4.69, 9.17) is 5.11 Å². The van der Waals surface area contributed by atoms with E-state index in [-0.39, 0.29) is 18.6 Å². The molecule has 0 radical (unpaired) electrons. The van der Waals surface area contributed by atoms with E-state index >= 15 is 0 Å². The van der Waals surface area contributed by atoms with Crippen LogP contribution in [0, 0.1) is 0 Å². The van der Waals surface area contributed by atoms with Gasteiger partial charge in [0.05, 0.1) is 6.61 Å². The Labute approximate surface area is 102 Å². The molecular weight excluding hydrogens is 216 g/mol. The van der Waals surface area contributed by atoms with E-state index in [1.54, 1.807) is 17.3 Å². The molecule has 94 valence electrons. The van der Waals surface area contributed by atoms with Crippen molar-refractivity contribution in [3.8, 4) is 0 Å². The Bertz CT molecular complexity index is 339. The molecule has 17 heavy (non-hydrogen) atoms. The van der Waals surface area contributed by atoms with Crippen molar-refractivity contribution in [2.45, 2.75) is 32.7 Å². The normalized spacial score (nSPS) is 10.6. The van der Waals surface area contributed by atoms with Crippen LogP contribution in [0.4, 0.5) is 0 Å². The van der Waals surface area contributed by atoms with E-state index in [0.29, 0.717) is 19.4 Å². The number of carbonyl (C=O) groups is 1. The van der Waals surface area contributed by atoms with Crippen LogP contribution < -0.4 is 0 Å². The second-order valence-corrected chi connectivity index (χ2v) is 4.27. The van der Waals surface area contributed by atoms with Crippen LogP contribution in [0.15, 0.2) is 24.5 Å². The molecule has 0 aliphatic heterocycles. The first-order valence-corrected chi connectivity index (χ1v) is 5.94. The standard InChI is InChI=1S/C13H20N2O2/c1-11(2)15(8-9-16)13(17)6-5-12-4-3-7-14-10-12/h3-4,7,10-11,16H,5-6,8-9H2,1-2H3. The Morgan fingerprint density at radius 2 is 2.29 bits per heavy atom. The molecule has 0 saturated carbocycles. The molecule has 0 aromatic carbocycles. The average Bonchev–Trinajstić information content (AvgIpc) is 2.34. The van der Waals surface area contributed by atoms with E-state index < -0.39 is 0 Å². The molecule has 0 aliphatic carbocycles. The van der Waals surface area contributed by atoms with Crippen molar-refractivity contribution in [3.05, 3.63) is 30.1 Å². The Morgan fingerprint density at radius 1 is 1.53 bits per heavy atom. The number of rotatable bonds is 6. The van der Waals surface area contributed by atoms with E-state index in [0.717, 1.165) is 5.56 Å². The SMILES string of the molecule is CC(C)N(CCO)C(=O)CCc1cccnc1. The highest BCUT2D eigenvalue weighted by molar-refractivity contribution is 5.76. The lowest BCUT2D eigenvalue weighted by Gasteiger charge is -2.26. The fourth-order valence-corrected chi connectivity index (χ4v) is 1.72. The lowest BCUT2D eigenvalue weighted by atomic mass is 10.1. The quantitative estimate of drug-likeness (QED) is 0.808. The molecule has 1 amide bonds. The summed E-state index contributed by atoms with van der Waals surface area (Å²) in [5.74, 6) is 0.0814. The molecule has 1 aromatic heterocycles. The number of hydrogen-bond donors (Lipinski definition) is 1. The monoisotopic (exact) mass is 236 g/mol. The predicted molar refractivity (Wildman–Crippen MR) is 66.5 cm³/mol. The Balaban J connectivity index is 2.47. The largest absolute Gasteiger partial charge is 0.395 e. The van der Waals surface area contributed by atoms with Crippen molar-refractivity contribution >= 4 is 5.91 Å². The molecule has 0 unspecified atom stereocenters. The lowest BCUT2D eigenvalue weighted by Crippen LogP contribution is -2.39. The molecule has 0 saturated heterocycles. The van der Waals surface area contributed by atoms with E-state index in [9.17, 15) is 4.79 Å². The number of pyridine rings is 1. The van der Waals surface area contributed by atoms with E-state index in [1.807, 2.05) is 26.0 Å². The number of nitrogens with zero attached hydrogens (tertiary/aromatic N) is 2. The van der Waals surface area contributed by atoms with Crippen LogP contribution in [0.3, 0.4) is 0 Å². The van der Waals surface area contributed by atoms with Crippen LogP contribution in [0.2, 0.25) is 0 Å². The predicted octanol–water partition coefficient (Wildman–Crippen LogP) is 1.24. The summed E-state index contributed by atoms with van der Waals surface area (Å²) in [7, 11) is 0. The number of aryl methyl sites for hydroxylation is 1. The maximum Gasteiger partial charge on any atom is 0.223 e. The Morgan fingerprint density at radius 3 is 2.82 bits per heavy atom. The summed E-state index contributed by atoms with van der Waals surface area (Å²) in [4.78, 5) is 17.7. The first kappa shape index (κ1) is 13.6. The van der Waals surface area contributed by atoms with Gasteiger partial charge < -0.3 is 10.0 Å². The van der Waals surface area contributed by atoms with Crippen molar-refractivity contribution in [2.75, 3.05) is 13.2 Å². The summed E-state index contributed by atoms with van der Waals surface area (Å²) in [6.45, 7) is 4.33. The molecular formula is C13H20N2O2. The molecule has 0 spiro atoms. The molecule has 1 N–H and O–H groups in total. The van der Waals surface area contributed by atoms with Gasteiger partial charge in [-0.3, -0.25) is 9.78 Å². The summed E-state index contributed by atoms with van der Waals surface area (Å²) in [5, 5.41) is 8.92. The summed E-state index contributed by atoms with van der Waals surface area (Å²) in [5.41, 5.74) is 1.06. The fourth-order valence-electron chi connectivity index (χ4n) is 1.72. The summed E-state index contributed by atoms with van der Waals surface area (Å²) >= 11 is 0. The number of amides is 1. The summed E-state index contributed by atoms with van der Waals surface area (Å²) in [6, 6.07) is 3.96. The van der Waals surface area contributed by atoms with Crippen molar-refractivity contribution < 1.29 is 9.90 Å². The zero-order chi connectivity index (χ0) is 12.7. The highest BCUT2D eigenvalue weighted by Crippen LogP contribution is 2.06. The van der Waals surface area contributed by atoms with E-state index in [1.165, 1.54) is 0 Å². The molecule has 4 heteroatoms. The zero-order valence-corrected chi connectivity index (χ0v) is 10.5. The molecule has 0 atom stereocenters. The molecule has 1 rings (SSSR count). The van der Waals surface area contributed by atoms with Gasteiger partial charge in [-0.2, -0.15) is 0 Å². The number of aromatic nitrogens is 1. The van der Waals surface area contributed by atoms with Gasteiger partial charge in [0.2, 0.25) is 5.91 Å². The second kappa shape index (κ2) is 7.01. The van der Waals surface area contributed by atoms with Gasteiger partial charge in [-0.05, 0) is 31.9 Å². The van der Waals surface area contributed by atoms with Gasteiger partial charge in [0.1, 0.15) is 0 Å². The molecule has 0 bridgehead atoms. The van der Waals surface area contributed by atoms with Crippen molar-refractivity contribution in [1.82, 2.24) is 9.88 Å². The minimum atomic E-state index is 0.0107. The lowest BCUT2D eigenvalue weighted by molar-refractivity contribution is -0.133. The van der Waals surface area contributed by atoms with Gasteiger partial charge in [0, 0.05) is 31.4 Å². The number of hydrogen-bond acceptors (Lipinski definition) is 3. The Hall–Kier alpha value is -1.42. The van der Waals surface area contributed by atoms with E-state index in [2.05, 4.69) is 4.98 Å². The first-order valence-electron chi connectivity index (χ1n) is 5.94. The molecule has 0 fully saturated rings. The minimum Gasteiger partial charge on any atom is -0.395 e. The van der Waals surface area contributed by atoms with Crippen LogP contribution in [0.25, 0.3) is 0 Å². The van der Waals surface area contributed by atoms with Gasteiger partial charge in [-0.25, -0.2) is 0 Å².